The van der Waals surface area contributed by atoms with Crippen molar-refractivity contribution in [3.8, 4) is 22.8 Å². The molecule has 0 fully saturated rings. The molecule has 0 bridgehead atoms. The van der Waals surface area contributed by atoms with E-state index in [1.54, 1.807) is 36.4 Å². The molecule has 3 rings (SSSR count). The van der Waals surface area contributed by atoms with Crippen molar-refractivity contribution < 1.29 is 36.6 Å². The van der Waals surface area contributed by atoms with Gasteiger partial charge in [-0.05, 0) is 48.7 Å². The number of furan rings is 1. The molecule has 0 radical (unpaired) electrons. The molecule has 32 heavy (non-hydrogen) atoms. The number of aryl methyl sites for hydroxylation is 1. The van der Waals surface area contributed by atoms with Crippen molar-refractivity contribution in [1.29, 1.82) is 0 Å². The molecule has 170 valence electrons. The molecule has 0 atom stereocenters. The predicted molar refractivity (Wildman–Crippen MR) is 113 cm³/mol. The van der Waals surface area contributed by atoms with Gasteiger partial charge in [0.05, 0.1) is 5.56 Å². The topological polar surface area (TPSA) is 57.9 Å². The van der Waals surface area contributed by atoms with E-state index in [0.29, 0.717) is 23.1 Å². The van der Waals surface area contributed by atoms with Crippen molar-refractivity contribution in [2.24, 2.45) is 0 Å². The van der Waals surface area contributed by atoms with E-state index >= 15 is 0 Å². The van der Waals surface area contributed by atoms with Crippen molar-refractivity contribution in [1.82, 2.24) is 0 Å². The van der Waals surface area contributed by atoms with Crippen LogP contribution >= 0.6 is 0 Å². The van der Waals surface area contributed by atoms with Crippen molar-refractivity contribution in [2.45, 2.75) is 39.0 Å². The Morgan fingerprint density at radius 3 is 2.66 bits per heavy atom. The van der Waals surface area contributed by atoms with E-state index in [1.165, 1.54) is 6.07 Å². The van der Waals surface area contributed by atoms with Gasteiger partial charge in [0.25, 0.3) is 0 Å². The number of carbonyl (C=O) groups excluding carboxylic acids is 1. The van der Waals surface area contributed by atoms with Gasteiger partial charge < -0.3 is 18.6 Å². The standard InChI is InChI=1S/C24H23F3O5/c1-3-5-6-7-16-8-11-19(22(12-16)32-24(25,26)27)21-13-17-9-10-18(14-20(17)31-21)29-15-30-23(28)4-2/h4,8-14H,2-3,5-7,15H2,1H3. The van der Waals surface area contributed by atoms with Gasteiger partial charge in [-0.2, -0.15) is 0 Å². The van der Waals surface area contributed by atoms with Gasteiger partial charge in [0.1, 0.15) is 22.8 Å². The second-order valence-corrected chi connectivity index (χ2v) is 7.08. The van der Waals surface area contributed by atoms with Crippen LogP contribution < -0.4 is 9.47 Å². The van der Waals surface area contributed by atoms with Gasteiger partial charge in [-0.1, -0.05) is 32.4 Å². The molecular weight excluding hydrogens is 425 g/mol. The summed E-state index contributed by atoms with van der Waals surface area (Å²) in [5, 5.41) is 0.667. The molecule has 5 nitrogen and oxygen atoms in total. The average Bonchev–Trinajstić information content (AvgIpc) is 3.16. The van der Waals surface area contributed by atoms with Crippen LogP contribution in [0.3, 0.4) is 0 Å². The predicted octanol–water partition coefficient (Wildman–Crippen LogP) is 6.80. The lowest BCUT2D eigenvalue weighted by molar-refractivity contribution is -0.274. The van der Waals surface area contributed by atoms with E-state index in [-0.39, 0.29) is 23.9 Å². The molecule has 0 unspecified atom stereocenters. The fourth-order valence-corrected chi connectivity index (χ4v) is 3.16. The Labute approximate surface area is 183 Å². The van der Waals surface area contributed by atoms with Gasteiger partial charge in [-0.25, -0.2) is 4.79 Å². The molecule has 0 saturated heterocycles. The van der Waals surface area contributed by atoms with Crippen molar-refractivity contribution >= 4 is 16.9 Å². The molecule has 0 saturated carbocycles. The fourth-order valence-electron chi connectivity index (χ4n) is 3.16. The Morgan fingerprint density at radius 2 is 1.94 bits per heavy atom. The van der Waals surface area contributed by atoms with E-state index < -0.39 is 12.3 Å². The summed E-state index contributed by atoms with van der Waals surface area (Å²) in [6, 6.07) is 11.3. The first kappa shape index (κ1) is 23.2. The molecular formula is C24H23F3O5. The highest BCUT2D eigenvalue weighted by Crippen LogP contribution is 2.38. The number of hydrogen-bond donors (Lipinski definition) is 0. The normalized spacial score (nSPS) is 11.4. The summed E-state index contributed by atoms with van der Waals surface area (Å²) >= 11 is 0. The van der Waals surface area contributed by atoms with Gasteiger partial charge >= 0.3 is 12.3 Å². The van der Waals surface area contributed by atoms with Crippen molar-refractivity contribution in [3.05, 3.63) is 60.7 Å². The number of unbranched alkanes of at least 4 members (excludes halogenated alkanes) is 2. The maximum Gasteiger partial charge on any atom is 0.573 e. The molecule has 0 aliphatic rings. The summed E-state index contributed by atoms with van der Waals surface area (Å²) in [4.78, 5) is 11.1. The third-order valence-electron chi connectivity index (χ3n) is 4.69. The minimum atomic E-state index is -4.83. The molecule has 2 aromatic carbocycles. The average molecular weight is 448 g/mol. The fraction of sp³-hybridized carbons (Fsp3) is 0.292. The molecule has 3 aromatic rings. The van der Waals surface area contributed by atoms with Crippen molar-refractivity contribution in [2.75, 3.05) is 6.79 Å². The van der Waals surface area contributed by atoms with Crippen LogP contribution in [0, 0.1) is 0 Å². The SMILES string of the molecule is C=CC(=O)OCOc1ccc2cc(-c3ccc(CCCCC)cc3OC(F)(F)F)oc2c1. The first-order valence-electron chi connectivity index (χ1n) is 10.1. The molecule has 1 aromatic heterocycles. The molecule has 0 spiro atoms. The molecule has 0 aliphatic heterocycles. The zero-order chi connectivity index (χ0) is 23.1. The number of rotatable bonds is 10. The third kappa shape index (κ3) is 6.29. The quantitative estimate of drug-likeness (QED) is 0.148. The zero-order valence-electron chi connectivity index (χ0n) is 17.5. The Hall–Kier alpha value is -3.42. The third-order valence-corrected chi connectivity index (χ3v) is 4.69. The van der Waals surface area contributed by atoms with Gasteiger partial charge in [0, 0.05) is 17.5 Å². The Bertz CT molecular complexity index is 1080. The van der Waals surface area contributed by atoms with Crippen LogP contribution in [0.5, 0.6) is 11.5 Å². The molecule has 0 aliphatic carbocycles. The van der Waals surface area contributed by atoms with Gasteiger partial charge in [0.2, 0.25) is 6.79 Å². The van der Waals surface area contributed by atoms with Gasteiger partial charge in [-0.3, -0.25) is 0 Å². The largest absolute Gasteiger partial charge is 0.573 e. The van der Waals surface area contributed by atoms with E-state index in [1.807, 2.05) is 0 Å². The number of halogens is 3. The van der Waals surface area contributed by atoms with Crippen LogP contribution in [0.1, 0.15) is 31.7 Å². The van der Waals surface area contributed by atoms with Crippen LogP contribution in [0.4, 0.5) is 13.2 Å². The Balaban J connectivity index is 1.87. The van der Waals surface area contributed by atoms with E-state index in [2.05, 4.69) is 18.2 Å². The summed E-state index contributed by atoms with van der Waals surface area (Å²) in [7, 11) is 0. The summed E-state index contributed by atoms with van der Waals surface area (Å²) in [5.74, 6) is -0.331. The highest BCUT2D eigenvalue weighted by atomic mass is 19.4. The number of benzene rings is 2. The lowest BCUT2D eigenvalue weighted by Crippen LogP contribution is -2.17. The second-order valence-electron chi connectivity index (χ2n) is 7.08. The summed E-state index contributed by atoms with van der Waals surface area (Å²) < 4.78 is 59.2. The molecule has 1 heterocycles. The van der Waals surface area contributed by atoms with Gasteiger partial charge in [-0.15, -0.1) is 13.2 Å². The smallest absolute Gasteiger partial charge is 0.457 e. The second kappa shape index (κ2) is 10.3. The molecule has 0 N–H and O–H groups in total. The van der Waals surface area contributed by atoms with Crippen LogP contribution in [0.2, 0.25) is 0 Å². The lowest BCUT2D eigenvalue weighted by Gasteiger charge is -2.13. The number of fused-ring (bicyclic) bond motifs is 1. The highest BCUT2D eigenvalue weighted by molar-refractivity contribution is 5.85. The lowest BCUT2D eigenvalue weighted by atomic mass is 10.0. The minimum absolute atomic E-state index is 0.195. The van der Waals surface area contributed by atoms with E-state index in [9.17, 15) is 18.0 Å². The minimum Gasteiger partial charge on any atom is -0.457 e. The van der Waals surface area contributed by atoms with Gasteiger partial charge in [0.15, 0.2) is 0 Å². The summed E-state index contributed by atoms with van der Waals surface area (Å²) in [6.45, 7) is 5.04. The van der Waals surface area contributed by atoms with Crippen LogP contribution in [0.15, 0.2) is 59.5 Å². The van der Waals surface area contributed by atoms with E-state index in [4.69, 9.17) is 13.9 Å². The Kier molecular flexibility index (Phi) is 7.45. The van der Waals surface area contributed by atoms with Crippen LogP contribution in [0.25, 0.3) is 22.3 Å². The number of ether oxygens (including phenoxy) is 3. The highest BCUT2D eigenvalue weighted by Gasteiger charge is 2.32. The Morgan fingerprint density at radius 1 is 1.12 bits per heavy atom. The summed E-state index contributed by atoms with van der Waals surface area (Å²) in [5.41, 5.74) is 1.36. The van der Waals surface area contributed by atoms with E-state index in [0.717, 1.165) is 30.9 Å². The first-order chi connectivity index (χ1) is 15.3. The maximum absolute atomic E-state index is 13.0. The number of carbonyl (C=O) groups is 1. The molecule has 0 amide bonds. The van der Waals surface area contributed by atoms with Crippen LogP contribution in [-0.2, 0) is 16.0 Å². The number of hydrogen-bond acceptors (Lipinski definition) is 5. The number of alkyl halides is 3. The molecule has 8 heteroatoms. The maximum atomic E-state index is 13.0. The van der Waals surface area contributed by atoms with Crippen molar-refractivity contribution in [3.63, 3.8) is 0 Å². The zero-order valence-corrected chi connectivity index (χ0v) is 17.5. The summed E-state index contributed by atoms with van der Waals surface area (Å²) in [6.07, 6.45) is -0.243. The van der Waals surface area contributed by atoms with Crippen LogP contribution in [-0.4, -0.2) is 19.1 Å². The number of esters is 1. The monoisotopic (exact) mass is 448 g/mol. The first-order valence-corrected chi connectivity index (χ1v) is 10.1.